The Balaban J connectivity index is 1.19. The summed E-state index contributed by atoms with van der Waals surface area (Å²) >= 11 is 10.4. The number of carbonyl (C=O) groups is 3. The normalized spacial score (nSPS) is 28.0. The summed E-state index contributed by atoms with van der Waals surface area (Å²) in [5.41, 5.74) is 7.35. The van der Waals surface area contributed by atoms with E-state index in [1.165, 1.54) is 11.3 Å². The summed E-state index contributed by atoms with van der Waals surface area (Å²) in [6, 6.07) is -0.365. The highest BCUT2D eigenvalue weighted by Gasteiger charge is 2.75. The van der Waals surface area contributed by atoms with E-state index >= 15 is 8.78 Å². The number of hydrogen-bond donors (Lipinski definition) is 2. The maximum atomic E-state index is 15.4. The van der Waals surface area contributed by atoms with Crippen LogP contribution < -0.4 is 15.6 Å². The molecule has 7 unspecified atom stereocenters. The van der Waals surface area contributed by atoms with E-state index in [0.29, 0.717) is 35.1 Å². The van der Waals surface area contributed by atoms with Gasteiger partial charge in [0.05, 0.1) is 68.4 Å². The van der Waals surface area contributed by atoms with E-state index in [0.717, 1.165) is 74.5 Å². The summed E-state index contributed by atoms with van der Waals surface area (Å²) in [6.45, 7) is 13.8. The zero-order valence-electron chi connectivity index (χ0n) is 35.5. The number of aromatic nitrogens is 3. The predicted octanol–water partition coefficient (Wildman–Crippen LogP) is 6.43. The van der Waals surface area contributed by atoms with Crippen LogP contribution in [0.1, 0.15) is 63.4 Å². The molecule has 2 saturated carbocycles. The number of fused-ring (bicyclic) bond motifs is 8. The van der Waals surface area contributed by atoms with Gasteiger partial charge < -0.3 is 29.2 Å². The number of halogens is 3. The number of amides is 2. The van der Waals surface area contributed by atoms with Gasteiger partial charge in [-0.2, -0.15) is 0 Å². The number of cyclic esters (lactones) is 1. The van der Waals surface area contributed by atoms with Crippen molar-refractivity contribution in [2.24, 2.45) is 29.1 Å². The second-order valence-corrected chi connectivity index (χ2v) is 20.6. The number of thiazole rings is 1. The minimum Gasteiger partial charge on any atom is -0.464 e. The Hall–Kier alpha value is -3.74. The lowest BCUT2D eigenvalue weighted by Crippen LogP contribution is -2.61. The van der Waals surface area contributed by atoms with Gasteiger partial charge in [-0.3, -0.25) is 24.4 Å². The summed E-state index contributed by atoms with van der Waals surface area (Å²) in [5, 5.41) is 7.86. The Kier molecular flexibility index (Phi) is 11.0. The van der Waals surface area contributed by atoms with Crippen molar-refractivity contribution in [2.75, 3.05) is 58.4 Å². The molecule has 9 rings (SSSR count). The molecule has 4 aromatic rings. The Morgan fingerprint density at radius 1 is 1.21 bits per heavy atom. The minimum absolute atomic E-state index is 0.0263. The fourth-order valence-corrected chi connectivity index (χ4v) is 12.0. The van der Waals surface area contributed by atoms with E-state index in [1.807, 2.05) is 39.3 Å². The van der Waals surface area contributed by atoms with Crippen molar-refractivity contribution in [3.63, 3.8) is 0 Å². The van der Waals surface area contributed by atoms with Gasteiger partial charge in [-0.05, 0) is 51.3 Å². The first-order chi connectivity index (χ1) is 29.0. The molecule has 0 aromatic carbocycles. The Morgan fingerprint density at radius 3 is 2.64 bits per heavy atom. The van der Waals surface area contributed by atoms with Crippen LogP contribution >= 0.6 is 34.3 Å². The van der Waals surface area contributed by atoms with Gasteiger partial charge in [0.15, 0.2) is 0 Å². The van der Waals surface area contributed by atoms with E-state index in [4.69, 9.17) is 31.0 Å². The molecule has 6 bridgehead atoms. The molecule has 5 aliphatic rings. The summed E-state index contributed by atoms with van der Waals surface area (Å²) in [4.78, 5) is 58.0. The van der Waals surface area contributed by atoms with Gasteiger partial charge in [0.25, 0.3) is 11.8 Å². The monoisotopic (exact) mass is 898 g/mol. The van der Waals surface area contributed by atoms with Crippen LogP contribution in [0.2, 0.25) is 5.02 Å². The number of pyridine rings is 1. The number of aryl methyl sites for hydroxylation is 1. The Labute approximate surface area is 367 Å². The molecule has 2 aliphatic carbocycles. The molecule has 7 heterocycles. The van der Waals surface area contributed by atoms with E-state index in [9.17, 15) is 14.4 Å². The molecule has 0 radical (unpaired) electrons. The molecule has 7 atom stereocenters. The van der Waals surface area contributed by atoms with Crippen molar-refractivity contribution in [3.8, 4) is 21.8 Å². The largest absolute Gasteiger partial charge is 0.464 e. The number of nitrogens with zero attached hydrogens (tertiary/aromatic N) is 6. The van der Waals surface area contributed by atoms with E-state index in [1.54, 1.807) is 18.4 Å². The van der Waals surface area contributed by atoms with Crippen LogP contribution in [0.15, 0.2) is 17.6 Å². The molecule has 13 nitrogen and oxygen atoms in total. The van der Waals surface area contributed by atoms with Crippen molar-refractivity contribution in [3.05, 3.63) is 38.9 Å². The van der Waals surface area contributed by atoms with Crippen molar-refractivity contribution in [1.82, 2.24) is 35.2 Å². The number of nitrogens with one attached hydrogen (secondary N) is 2. The van der Waals surface area contributed by atoms with Crippen molar-refractivity contribution in [2.45, 2.75) is 84.5 Å². The highest BCUT2D eigenvalue weighted by Crippen LogP contribution is 2.59. The number of likely N-dealkylation sites (N-methyl/N-ethyl adjacent to an activating group) is 1. The lowest BCUT2D eigenvalue weighted by molar-refractivity contribution is -0.156. The third-order valence-electron chi connectivity index (χ3n) is 13.3. The summed E-state index contributed by atoms with van der Waals surface area (Å²) < 4.78 is 44.9. The van der Waals surface area contributed by atoms with Crippen LogP contribution in [0, 0.1) is 29.1 Å². The number of ether oxygens (including phenoxy) is 2. The molecule has 2 N–H and O–H groups in total. The van der Waals surface area contributed by atoms with Crippen molar-refractivity contribution in [1.29, 1.82) is 0 Å². The van der Waals surface area contributed by atoms with Gasteiger partial charge in [-0.1, -0.05) is 32.4 Å². The van der Waals surface area contributed by atoms with Crippen molar-refractivity contribution < 1.29 is 32.6 Å². The molecule has 3 aliphatic heterocycles. The van der Waals surface area contributed by atoms with E-state index in [-0.39, 0.29) is 43.4 Å². The third-order valence-corrected chi connectivity index (χ3v) is 15.9. The number of rotatable bonds is 7. The zero-order valence-corrected chi connectivity index (χ0v) is 37.9. The Bertz CT molecular complexity index is 2390. The SMILES string of the molecule is CCn1c(-c2cc(N3CCN(C)CC3)cnc2C(C)OC)c2c3c(Cl)c(sc31)-c1csc(n1)CC(NC(=O)C1CC1C)C(=O)N1CC3C(C(N1)C(=O)OCC(C)(C)C2)C3(F)F. The summed E-state index contributed by atoms with van der Waals surface area (Å²) in [5.74, 6) is -7.51. The topological polar surface area (TPSA) is 134 Å². The number of thiophene rings is 1. The molecule has 328 valence electrons. The first kappa shape index (κ1) is 42.6. The van der Waals surface area contributed by atoms with Crippen LogP contribution in [-0.4, -0.2) is 114 Å². The van der Waals surface area contributed by atoms with Crippen LogP contribution in [0.25, 0.3) is 32.0 Å². The molecule has 4 aromatic heterocycles. The number of alkyl halides is 2. The average Bonchev–Trinajstić information content (AvgIpc) is 3.85. The van der Waals surface area contributed by atoms with Crippen LogP contribution in [0.3, 0.4) is 0 Å². The maximum absolute atomic E-state index is 15.4. The molecule has 0 spiro atoms. The quantitative estimate of drug-likeness (QED) is 0.200. The van der Waals surface area contributed by atoms with Crippen LogP contribution in [0.5, 0.6) is 0 Å². The summed E-state index contributed by atoms with van der Waals surface area (Å²) in [6.07, 6.45) is 2.72. The van der Waals surface area contributed by atoms with Crippen LogP contribution in [-0.2, 0) is 43.2 Å². The lowest BCUT2D eigenvalue weighted by atomic mass is 9.84. The van der Waals surface area contributed by atoms with Gasteiger partial charge >= 0.3 is 5.97 Å². The smallest absolute Gasteiger partial charge is 0.325 e. The number of hydrogen-bond acceptors (Lipinski definition) is 12. The molecule has 2 amide bonds. The van der Waals surface area contributed by atoms with Gasteiger partial charge in [-0.15, -0.1) is 22.7 Å². The van der Waals surface area contributed by atoms with Crippen molar-refractivity contribution >= 4 is 68.0 Å². The number of anilines is 1. The fourth-order valence-electron chi connectivity index (χ4n) is 9.39. The maximum Gasteiger partial charge on any atom is 0.325 e. The standard InChI is InChI=1S/C43H53ClF2N8O5S2/c1-8-53-36(25-14-23(17-47-34(25)22(3)58-7)52-11-9-51(6)10-12-52)26-16-42(4,5)20-59-41(57)35-32-27(43(32,45)46)18-54(50-35)39(56)28(49-38(55)24-13-21(24)2)15-30-48-29(19-60-30)37-33(44)31(26)40(53)61-37/h14,17,19,21-22,24,27-28,32,35,50H,8-13,15-16,18,20H2,1-7H3,(H,49,55). The van der Waals surface area contributed by atoms with Gasteiger partial charge in [-0.25, -0.2) is 19.2 Å². The molecular weight excluding hydrogens is 846 g/mol. The lowest BCUT2D eigenvalue weighted by Gasteiger charge is -2.34. The van der Waals surface area contributed by atoms with Crippen LogP contribution in [0.4, 0.5) is 14.5 Å². The van der Waals surface area contributed by atoms with Gasteiger partial charge in [0.2, 0.25) is 5.91 Å². The second kappa shape index (κ2) is 15.8. The number of hydrazine groups is 1. The second-order valence-electron chi connectivity index (χ2n) is 18.3. The molecule has 61 heavy (non-hydrogen) atoms. The van der Waals surface area contributed by atoms with E-state index < -0.39 is 47.1 Å². The average molecular weight is 900 g/mol. The summed E-state index contributed by atoms with van der Waals surface area (Å²) in [7, 11) is 3.80. The minimum atomic E-state index is -3.17. The molecule has 18 heteroatoms. The first-order valence-electron chi connectivity index (χ1n) is 21.2. The molecular formula is C43H53ClF2N8O5S2. The molecule has 2 saturated heterocycles. The highest BCUT2D eigenvalue weighted by molar-refractivity contribution is 7.23. The van der Waals surface area contributed by atoms with E-state index in [2.05, 4.69) is 45.1 Å². The predicted molar refractivity (Wildman–Crippen MR) is 232 cm³/mol. The zero-order chi connectivity index (χ0) is 43.3. The first-order valence-corrected chi connectivity index (χ1v) is 23.3. The van der Waals surface area contributed by atoms with Gasteiger partial charge in [0, 0.05) is 80.5 Å². The number of carbonyl (C=O) groups excluding carboxylic acids is 3. The number of esters is 1. The number of piperazine rings is 1. The Morgan fingerprint density at radius 2 is 1.95 bits per heavy atom. The molecule has 4 fully saturated rings. The number of methoxy groups -OCH3 is 1. The third kappa shape index (κ3) is 7.64. The highest BCUT2D eigenvalue weighted by atomic mass is 35.5. The van der Waals surface area contributed by atoms with Gasteiger partial charge in [0.1, 0.15) is 16.9 Å². The fraction of sp³-hybridized carbons (Fsp3) is 0.605.